The molecule has 3 heterocycles. The minimum atomic E-state index is -5.08. The molecule has 2 aliphatic rings. The summed E-state index contributed by atoms with van der Waals surface area (Å²) in [6, 6.07) is 4.30. The second kappa shape index (κ2) is 13.4. The number of likely N-dealkylation sites (tertiary alicyclic amines) is 1. The first kappa shape index (κ1) is 31.1. The monoisotopic (exact) mass is 531 g/mol. The quantitative estimate of drug-likeness (QED) is 0.506. The molecule has 3 atom stereocenters. The summed E-state index contributed by atoms with van der Waals surface area (Å²) in [6.45, 7) is 8.26. The van der Waals surface area contributed by atoms with Gasteiger partial charge in [-0.2, -0.15) is 26.3 Å². The minimum absolute atomic E-state index is 0.0106. The van der Waals surface area contributed by atoms with Gasteiger partial charge in [0.05, 0.1) is 19.1 Å². The van der Waals surface area contributed by atoms with Crippen molar-refractivity contribution < 1.29 is 55.7 Å². The van der Waals surface area contributed by atoms with Gasteiger partial charge in [-0.25, -0.2) is 9.59 Å². The number of nitrogens with zero attached hydrogens (tertiary/aromatic N) is 2. The Bertz CT molecular complexity index is 842. The van der Waals surface area contributed by atoms with Crippen molar-refractivity contribution in [3.63, 3.8) is 0 Å². The number of aromatic nitrogens is 1. The Morgan fingerprint density at radius 3 is 1.97 bits per heavy atom. The Morgan fingerprint density at radius 2 is 1.53 bits per heavy atom. The van der Waals surface area contributed by atoms with Crippen molar-refractivity contribution in [3.8, 4) is 0 Å². The first-order valence-corrected chi connectivity index (χ1v) is 10.6. The fourth-order valence-electron chi connectivity index (χ4n) is 3.63. The van der Waals surface area contributed by atoms with Crippen LogP contribution in [0.15, 0.2) is 24.5 Å². The Balaban J connectivity index is 0.000000383. The highest BCUT2D eigenvalue weighted by molar-refractivity contribution is 5.79. The number of rotatable bonds is 4. The molecule has 0 aromatic carbocycles. The molecule has 0 unspecified atom stereocenters. The highest BCUT2D eigenvalue weighted by atomic mass is 19.4. The van der Waals surface area contributed by atoms with E-state index in [0.29, 0.717) is 18.4 Å². The number of ether oxygens (including phenoxy) is 1. The molecule has 2 saturated heterocycles. The van der Waals surface area contributed by atoms with Gasteiger partial charge in [-0.3, -0.25) is 14.7 Å². The number of carboxylic acid groups (broad SMARTS) is 2. The highest BCUT2D eigenvalue weighted by Crippen LogP contribution is 2.35. The summed E-state index contributed by atoms with van der Waals surface area (Å²) in [5.41, 5.74) is 1.28. The second-order valence-electron chi connectivity index (χ2n) is 8.39. The summed E-state index contributed by atoms with van der Waals surface area (Å²) in [7, 11) is 0. The molecule has 204 valence electrons. The van der Waals surface area contributed by atoms with Crippen LogP contribution in [0.25, 0.3) is 0 Å². The Kier molecular flexibility index (Phi) is 11.6. The lowest BCUT2D eigenvalue weighted by atomic mass is 9.82. The molecule has 0 radical (unpaired) electrons. The molecule has 0 aliphatic carbocycles. The number of carboxylic acids is 2. The molecule has 1 amide bonds. The van der Waals surface area contributed by atoms with Crippen molar-refractivity contribution in [2.45, 2.75) is 38.8 Å². The average Bonchev–Trinajstić information content (AvgIpc) is 3.15. The fourth-order valence-corrected chi connectivity index (χ4v) is 3.63. The summed E-state index contributed by atoms with van der Waals surface area (Å²) in [6.07, 6.45) is -6.50. The van der Waals surface area contributed by atoms with E-state index < -0.39 is 24.3 Å². The van der Waals surface area contributed by atoms with E-state index in [4.69, 9.17) is 24.5 Å². The number of amides is 1. The molecule has 0 bridgehead atoms. The van der Waals surface area contributed by atoms with Gasteiger partial charge in [0, 0.05) is 38.1 Å². The number of carbonyl (C=O) groups excluding carboxylic acids is 1. The maximum atomic E-state index is 12.4. The van der Waals surface area contributed by atoms with E-state index in [-0.39, 0.29) is 17.9 Å². The van der Waals surface area contributed by atoms with Gasteiger partial charge in [0.1, 0.15) is 0 Å². The molecule has 1 aromatic heterocycles. The first-order valence-electron chi connectivity index (χ1n) is 10.6. The maximum Gasteiger partial charge on any atom is 0.490 e. The Labute approximate surface area is 202 Å². The van der Waals surface area contributed by atoms with Gasteiger partial charge in [-0.15, -0.1) is 0 Å². The van der Waals surface area contributed by atoms with Crippen molar-refractivity contribution in [1.82, 2.24) is 15.2 Å². The van der Waals surface area contributed by atoms with Crippen molar-refractivity contribution in [1.29, 1.82) is 0 Å². The van der Waals surface area contributed by atoms with Gasteiger partial charge < -0.3 is 20.3 Å². The zero-order valence-electron chi connectivity index (χ0n) is 19.3. The lowest BCUT2D eigenvalue weighted by Crippen LogP contribution is -2.46. The number of aliphatic carboxylic acids is 2. The third-order valence-corrected chi connectivity index (χ3v) is 5.12. The van der Waals surface area contributed by atoms with Crippen LogP contribution in [0, 0.1) is 17.8 Å². The number of hydrogen-bond donors (Lipinski definition) is 3. The lowest BCUT2D eigenvalue weighted by Gasteiger charge is -2.32. The van der Waals surface area contributed by atoms with E-state index >= 15 is 0 Å². The first-order chi connectivity index (χ1) is 16.5. The van der Waals surface area contributed by atoms with E-state index in [1.807, 2.05) is 26.2 Å². The molecule has 15 heteroatoms. The predicted molar refractivity (Wildman–Crippen MR) is 111 cm³/mol. The van der Waals surface area contributed by atoms with E-state index in [0.717, 1.165) is 26.2 Å². The van der Waals surface area contributed by atoms with Gasteiger partial charge in [-0.05, 0) is 43.4 Å². The molecule has 2 aliphatic heterocycles. The summed E-state index contributed by atoms with van der Waals surface area (Å²) >= 11 is 0. The molecule has 0 saturated carbocycles. The van der Waals surface area contributed by atoms with Crippen LogP contribution in [0.4, 0.5) is 26.3 Å². The van der Waals surface area contributed by atoms with Crippen LogP contribution in [0.2, 0.25) is 0 Å². The van der Waals surface area contributed by atoms with Gasteiger partial charge in [-0.1, -0.05) is 0 Å². The number of alkyl halides is 6. The normalized spacial score (nSPS) is 21.9. The summed E-state index contributed by atoms with van der Waals surface area (Å²) in [5, 5.41) is 17.3. The maximum absolute atomic E-state index is 12.4. The molecule has 0 spiro atoms. The van der Waals surface area contributed by atoms with E-state index in [1.54, 1.807) is 0 Å². The zero-order chi connectivity index (χ0) is 27.7. The topological polar surface area (TPSA) is 129 Å². The van der Waals surface area contributed by atoms with Crippen LogP contribution >= 0.6 is 0 Å². The van der Waals surface area contributed by atoms with E-state index in [2.05, 4.69) is 27.3 Å². The predicted octanol–water partition coefficient (Wildman–Crippen LogP) is 2.57. The Morgan fingerprint density at radius 1 is 1.03 bits per heavy atom. The summed E-state index contributed by atoms with van der Waals surface area (Å²) < 4.78 is 69.2. The summed E-state index contributed by atoms with van der Waals surface area (Å²) in [4.78, 5) is 36.7. The van der Waals surface area contributed by atoms with Gasteiger partial charge in [0.25, 0.3) is 0 Å². The SMILES string of the molecule is CC(C)NC(=O)[C@H]1COC[C@H]2CN(Cc3ccncc3)C[C@H]21.O=C(O)C(F)(F)F.O=C(O)C(F)(F)F. The molecule has 36 heavy (non-hydrogen) atoms. The molecule has 2 fully saturated rings. The molecular weight excluding hydrogens is 504 g/mol. The number of hydrogen-bond acceptors (Lipinski definition) is 6. The van der Waals surface area contributed by atoms with Crippen LogP contribution in [-0.2, 0) is 25.7 Å². The number of fused-ring (bicyclic) bond motifs is 1. The third kappa shape index (κ3) is 10.8. The molecule has 3 N–H and O–H groups in total. The zero-order valence-corrected chi connectivity index (χ0v) is 19.3. The van der Waals surface area contributed by atoms with Crippen LogP contribution in [0.5, 0.6) is 0 Å². The average molecular weight is 531 g/mol. The van der Waals surface area contributed by atoms with Gasteiger partial charge in [0.2, 0.25) is 5.91 Å². The van der Waals surface area contributed by atoms with Crippen LogP contribution in [0.1, 0.15) is 19.4 Å². The molecular formula is C21H27F6N3O6. The van der Waals surface area contributed by atoms with Crippen molar-refractivity contribution in [3.05, 3.63) is 30.1 Å². The summed E-state index contributed by atoms with van der Waals surface area (Å²) in [5.74, 6) is -4.49. The standard InChI is InChI=1S/C17H25N3O2.2C2HF3O2/c1-12(2)19-17(21)16-11-22-10-14-8-20(9-15(14)16)7-13-3-5-18-6-4-13;2*3-2(4,5)1(6)7/h3-6,12,14-16H,7-11H2,1-2H3,(H,19,21);2*(H,6,7)/t14-,15-,16+;;/m1../s1. The highest BCUT2D eigenvalue weighted by Gasteiger charge is 2.44. The Hall–Kier alpha value is -2.94. The van der Waals surface area contributed by atoms with Crippen LogP contribution < -0.4 is 5.32 Å². The van der Waals surface area contributed by atoms with Crippen molar-refractivity contribution >= 4 is 17.8 Å². The minimum Gasteiger partial charge on any atom is -0.475 e. The van der Waals surface area contributed by atoms with Gasteiger partial charge >= 0.3 is 24.3 Å². The molecule has 3 rings (SSSR count). The van der Waals surface area contributed by atoms with Crippen LogP contribution in [0.3, 0.4) is 0 Å². The van der Waals surface area contributed by atoms with Crippen molar-refractivity contribution in [2.24, 2.45) is 17.8 Å². The van der Waals surface area contributed by atoms with E-state index in [9.17, 15) is 31.1 Å². The smallest absolute Gasteiger partial charge is 0.475 e. The third-order valence-electron chi connectivity index (χ3n) is 5.12. The number of carbonyl (C=O) groups is 3. The van der Waals surface area contributed by atoms with Crippen LogP contribution in [-0.4, -0.2) is 82.6 Å². The molecule has 9 nitrogen and oxygen atoms in total. The number of nitrogens with one attached hydrogen (secondary N) is 1. The number of pyridine rings is 1. The van der Waals surface area contributed by atoms with Gasteiger partial charge in [0.15, 0.2) is 0 Å². The van der Waals surface area contributed by atoms with Crippen molar-refractivity contribution in [2.75, 3.05) is 26.3 Å². The second-order valence-corrected chi connectivity index (χ2v) is 8.39. The molecule has 1 aromatic rings. The lowest BCUT2D eigenvalue weighted by molar-refractivity contribution is -0.193. The largest absolute Gasteiger partial charge is 0.490 e. The number of halogens is 6. The van der Waals surface area contributed by atoms with E-state index in [1.165, 1.54) is 5.56 Å². The fraction of sp³-hybridized carbons (Fsp3) is 0.619.